The molecule has 0 aliphatic carbocycles. The summed E-state index contributed by atoms with van der Waals surface area (Å²) in [5, 5.41) is 0. The van der Waals surface area contributed by atoms with E-state index in [-0.39, 0.29) is 22.4 Å². The third-order valence-electron chi connectivity index (χ3n) is 0. The van der Waals surface area contributed by atoms with Crippen LogP contribution in [0.2, 0.25) is 0 Å². The Morgan fingerprint density at radius 3 is 1.00 bits per heavy atom. The summed E-state index contributed by atoms with van der Waals surface area (Å²) in [6.07, 6.45) is 0. The third-order valence-corrected chi connectivity index (χ3v) is 0. The Balaban J connectivity index is 0. The molecule has 0 heterocycles. The molecular weight excluding hydrogens is 325 g/mol. The normalized spacial score (nSPS) is 7.20. The Labute approximate surface area is 50.0 Å². The van der Waals surface area contributed by atoms with Crippen molar-refractivity contribution in [3.63, 3.8) is 0 Å². The van der Waals surface area contributed by atoms with Crippen LogP contribution in [0.25, 0.3) is 0 Å². The van der Waals surface area contributed by atoms with Crippen molar-refractivity contribution in [2.24, 2.45) is 0 Å². The molecule has 0 saturated carbocycles. The predicted octanol–water partition coefficient (Wildman–Crippen LogP) is -3.57. The quantitative estimate of drug-likeness (QED) is 0.433. The van der Waals surface area contributed by atoms with E-state index < -0.39 is 14.8 Å². The molecule has 0 amide bonds. The topological polar surface area (TPSA) is 69.2 Å². The molecule has 5 heteroatoms. The van der Waals surface area contributed by atoms with Gasteiger partial charge in [0.25, 0.3) is 0 Å². The maximum absolute atomic E-state index is 8.52. The van der Waals surface area contributed by atoms with Crippen LogP contribution in [0.1, 0.15) is 0 Å². The minimum Gasteiger partial charge on any atom is -0.405 e. The Kier molecular flexibility index (Phi) is 9.63. The summed E-state index contributed by atoms with van der Waals surface area (Å²) in [7, 11) is 0. The van der Waals surface area contributed by atoms with E-state index >= 15 is 0 Å². The third kappa shape index (κ3) is 40.5. The van der Waals surface area contributed by atoms with Gasteiger partial charge >= 0.3 is 22.4 Å². The van der Waals surface area contributed by atoms with E-state index in [4.69, 9.17) is 12.6 Å². The van der Waals surface area contributed by atoms with Crippen molar-refractivity contribution in [3.05, 3.63) is 0 Å². The van der Waals surface area contributed by atoms with Gasteiger partial charge in [0, 0.05) is 0 Å². The van der Waals surface area contributed by atoms with Gasteiger partial charge in [0.05, 0.1) is 0 Å². The summed E-state index contributed by atoms with van der Waals surface area (Å²) in [5.74, 6) is 0. The molecule has 0 aliphatic rings. The van der Waals surface area contributed by atoms with Gasteiger partial charge in [0.1, 0.15) is 0 Å². The molecule has 0 aromatic rings. The maximum atomic E-state index is 8.52. The largest absolute Gasteiger partial charge is 1.00 e. The van der Waals surface area contributed by atoms with E-state index in [0.717, 1.165) is 0 Å². The molecule has 0 radical (unpaired) electrons. The van der Waals surface area contributed by atoms with Crippen LogP contribution in [0, 0.1) is 14.8 Å². The number of rotatable bonds is 0. The molecule has 3 nitrogen and oxygen atoms in total. The van der Waals surface area contributed by atoms with Gasteiger partial charge in [-0.25, -0.2) is 0 Å². The number of hydrogen-bond donors (Lipinski definition) is 0. The monoisotopic (exact) mass is 324 g/mol. The van der Waals surface area contributed by atoms with Crippen LogP contribution in [-0.4, -0.2) is 0 Å². The van der Waals surface area contributed by atoms with Crippen molar-refractivity contribution < 1.29 is 49.8 Å². The number of halogens is 1. The molecule has 0 aromatic carbocycles. The molecule has 0 fully saturated rings. The molecule has 0 saturated heterocycles. The zero-order valence-electron chi connectivity index (χ0n) is 1.90. The fourth-order valence-corrected chi connectivity index (χ4v) is 0. The number of hydrogen-bond acceptors (Lipinski definition) is 3. The Hall–Kier alpha value is 1.10. The fraction of sp³-hybridized carbons (Fsp3) is 0. The molecule has 0 unspecified atom stereocenters. The van der Waals surface area contributed by atoms with Crippen molar-refractivity contribution in [2.45, 2.75) is 0 Å². The second-order valence-electron chi connectivity index (χ2n) is 0.189. The Morgan fingerprint density at radius 2 is 1.00 bits per heavy atom. The van der Waals surface area contributed by atoms with Gasteiger partial charge in [-0.2, -0.15) is 0 Å². The second-order valence-corrected chi connectivity index (χ2v) is 0.982. The minimum atomic E-state index is -3.65. The zero-order chi connectivity index (χ0) is 3.58. The molecule has 0 atom stereocenters. The molecule has 0 spiro atoms. The van der Waals surface area contributed by atoms with E-state index in [1.807, 2.05) is 0 Å². The molecule has 0 rings (SSSR count). The summed E-state index contributed by atoms with van der Waals surface area (Å²) >= 11 is -3.65. The summed E-state index contributed by atoms with van der Waals surface area (Å²) in [6, 6.07) is 0. The van der Waals surface area contributed by atoms with Crippen LogP contribution in [-0.2, 0) is 22.4 Å². The van der Waals surface area contributed by atoms with Gasteiger partial charge in [-0.1, -0.05) is 0 Å². The molecule has 0 bridgehead atoms. The fourth-order valence-electron chi connectivity index (χ4n) is 0. The van der Waals surface area contributed by atoms with Gasteiger partial charge in [0.2, 0.25) is 14.8 Å². The van der Waals surface area contributed by atoms with Gasteiger partial charge < -0.3 is 12.6 Å². The Bertz CT molecular complexity index is 11.6. The first-order chi connectivity index (χ1) is 1.73. The standard InChI is InChI=1S/Au.BrO3/c;2-1(3)4/q+1;-1. The van der Waals surface area contributed by atoms with Crippen molar-refractivity contribution in [1.82, 2.24) is 0 Å². The molecule has 5 heavy (non-hydrogen) atoms. The van der Waals surface area contributed by atoms with Crippen molar-refractivity contribution in [1.29, 1.82) is 0 Å². The van der Waals surface area contributed by atoms with Crippen LogP contribution >= 0.6 is 0 Å². The van der Waals surface area contributed by atoms with Crippen LogP contribution in [0.5, 0.6) is 0 Å². The van der Waals surface area contributed by atoms with Crippen LogP contribution in [0.4, 0.5) is 0 Å². The van der Waals surface area contributed by atoms with Crippen molar-refractivity contribution >= 4 is 0 Å². The van der Waals surface area contributed by atoms with Gasteiger partial charge in [-0.15, -0.1) is 0 Å². The van der Waals surface area contributed by atoms with Gasteiger partial charge in [-0.3, -0.25) is 0 Å². The Morgan fingerprint density at radius 1 is 1.00 bits per heavy atom. The van der Waals surface area contributed by atoms with E-state index in [9.17, 15) is 0 Å². The average molecular weight is 325 g/mol. The zero-order valence-corrected chi connectivity index (χ0v) is 5.66. The smallest absolute Gasteiger partial charge is 0.405 e. The molecule has 0 aromatic heterocycles. The first-order valence-electron chi connectivity index (χ1n) is 0.463. The van der Waals surface area contributed by atoms with E-state index in [1.54, 1.807) is 0 Å². The predicted molar refractivity (Wildman–Crippen MR) is 0 cm³/mol. The van der Waals surface area contributed by atoms with Crippen LogP contribution in [0.15, 0.2) is 0 Å². The van der Waals surface area contributed by atoms with E-state index in [1.165, 1.54) is 0 Å². The maximum Gasteiger partial charge on any atom is 1.00 e. The molecule has 36 valence electrons. The van der Waals surface area contributed by atoms with Crippen molar-refractivity contribution in [2.75, 3.05) is 0 Å². The molecular formula is AuBrO3. The van der Waals surface area contributed by atoms with Crippen LogP contribution < -0.4 is 12.6 Å². The average Bonchev–Trinajstić information content (AvgIpc) is 0.811. The summed E-state index contributed by atoms with van der Waals surface area (Å²) in [4.78, 5) is 0. The SMILES string of the molecule is [Au+].[O-][Br+2]([O-])[O-]. The molecule has 0 N–H and O–H groups in total. The van der Waals surface area contributed by atoms with E-state index in [0.29, 0.717) is 0 Å². The van der Waals surface area contributed by atoms with Gasteiger partial charge in [0.15, 0.2) is 0 Å². The first-order valence-corrected chi connectivity index (χ1v) is 2.41. The molecule has 0 aliphatic heterocycles. The summed E-state index contributed by atoms with van der Waals surface area (Å²) in [5.41, 5.74) is 0. The second kappa shape index (κ2) is 5.10. The minimum absolute atomic E-state index is 0. The van der Waals surface area contributed by atoms with Crippen molar-refractivity contribution in [3.8, 4) is 0 Å². The summed E-state index contributed by atoms with van der Waals surface area (Å²) in [6.45, 7) is 0. The van der Waals surface area contributed by atoms with E-state index in [2.05, 4.69) is 0 Å². The van der Waals surface area contributed by atoms with Gasteiger partial charge in [-0.05, 0) is 0 Å². The summed E-state index contributed by atoms with van der Waals surface area (Å²) < 4.78 is 25.6. The first kappa shape index (κ1) is 9.44. The van der Waals surface area contributed by atoms with Crippen LogP contribution in [0.3, 0.4) is 0 Å².